The van der Waals surface area contributed by atoms with Gasteiger partial charge >= 0.3 is 11.9 Å². The summed E-state index contributed by atoms with van der Waals surface area (Å²) in [4.78, 5) is 23.4. The van der Waals surface area contributed by atoms with E-state index in [9.17, 15) is 9.59 Å². The fourth-order valence-electron chi connectivity index (χ4n) is 1.81. The van der Waals surface area contributed by atoms with Crippen molar-refractivity contribution in [1.82, 2.24) is 0 Å². The summed E-state index contributed by atoms with van der Waals surface area (Å²) < 4.78 is 9.96. The molecule has 4 heteroatoms. The zero-order chi connectivity index (χ0) is 16.2. The molecule has 1 rings (SSSR count). The van der Waals surface area contributed by atoms with E-state index < -0.39 is 11.6 Å². The molecule has 114 valence electrons. The number of benzene rings is 1. The van der Waals surface area contributed by atoms with Gasteiger partial charge in [-0.1, -0.05) is 6.07 Å². The molecule has 0 aliphatic rings. The van der Waals surface area contributed by atoms with E-state index in [2.05, 4.69) is 0 Å². The Bertz CT molecular complexity index is 577. The number of rotatable bonds is 3. The highest BCUT2D eigenvalue weighted by Crippen LogP contribution is 2.18. The van der Waals surface area contributed by atoms with E-state index in [1.54, 1.807) is 12.1 Å². The van der Waals surface area contributed by atoms with Crippen molar-refractivity contribution in [3.05, 3.63) is 40.5 Å². The summed E-state index contributed by atoms with van der Waals surface area (Å²) >= 11 is 0. The molecule has 1 aromatic rings. The maximum Gasteiger partial charge on any atom is 0.338 e. The Kier molecular flexibility index (Phi) is 5.30. The standard InChI is InChI=1S/C17H22O4/c1-11-9-13(7-8-15(18)21-17(3,4)5)10-14(12(11)2)16(19)20-6/h7-10H,1-6H3. The lowest BCUT2D eigenvalue weighted by Crippen LogP contribution is -2.22. The summed E-state index contributed by atoms with van der Waals surface area (Å²) in [6.45, 7) is 9.20. The Balaban J connectivity index is 3.02. The van der Waals surface area contributed by atoms with Crippen LogP contribution in [0.1, 0.15) is 47.8 Å². The zero-order valence-corrected chi connectivity index (χ0v) is 13.4. The normalized spacial score (nSPS) is 11.5. The molecule has 0 unspecified atom stereocenters. The highest BCUT2D eigenvalue weighted by molar-refractivity contribution is 5.93. The zero-order valence-electron chi connectivity index (χ0n) is 13.4. The molecule has 0 bridgehead atoms. The minimum atomic E-state index is -0.526. The number of hydrogen-bond acceptors (Lipinski definition) is 4. The fraction of sp³-hybridized carbons (Fsp3) is 0.412. The van der Waals surface area contributed by atoms with Crippen LogP contribution in [-0.2, 0) is 14.3 Å². The largest absolute Gasteiger partial charge is 0.465 e. The van der Waals surface area contributed by atoms with E-state index in [0.717, 1.165) is 16.7 Å². The van der Waals surface area contributed by atoms with Gasteiger partial charge in [0.15, 0.2) is 0 Å². The number of carbonyl (C=O) groups is 2. The van der Waals surface area contributed by atoms with Crippen LogP contribution in [0.25, 0.3) is 6.08 Å². The second-order valence-electron chi connectivity index (χ2n) is 5.87. The van der Waals surface area contributed by atoms with Gasteiger partial charge in [-0.3, -0.25) is 0 Å². The molecule has 0 atom stereocenters. The van der Waals surface area contributed by atoms with Gasteiger partial charge in [-0.25, -0.2) is 9.59 Å². The Labute approximate surface area is 125 Å². The molecule has 0 N–H and O–H groups in total. The van der Waals surface area contributed by atoms with Crippen LogP contribution >= 0.6 is 0 Å². The molecule has 0 aliphatic carbocycles. The third kappa shape index (κ3) is 5.06. The summed E-state index contributed by atoms with van der Waals surface area (Å²) in [5.41, 5.74) is 2.56. The number of methoxy groups -OCH3 is 1. The quantitative estimate of drug-likeness (QED) is 0.632. The number of esters is 2. The molecule has 0 spiro atoms. The van der Waals surface area contributed by atoms with E-state index >= 15 is 0 Å². The van der Waals surface area contributed by atoms with Gasteiger partial charge in [0.05, 0.1) is 12.7 Å². The lowest BCUT2D eigenvalue weighted by Gasteiger charge is -2.17. The van der Waals surface area contributed by atoms with Gasteiger partial charge in [0.25, 0.3) is 0 Å². The highest BCUT2D eigenvalue weighted by Gasteiger charge is 2.14. The molecule has 1 aromatic carbocycles. The minimum absolute atomic E-state index is 0.386. The van der Waals surface area contributed by atoms with Gasteiger partial charge < -0.3 is 9.47 Å². The van der Waals surface area contributed by atoms with Crippen molar-refractivity contribution in [3.63, 3.8) is 0 Å². The maximum atomic E-state index is 11.7. The molecule has 0 saturated carbocycles. The number of hydrogen-bond donors (Lipinski definition) is 0. The van der Waals surface area contributed by atoms with Crippen molar-refractivity contribution in [2.45, 2.75) is 40.2 Å². The summed E-state index contributed by atoms with van der Waals surface area (Å²) in [7, 11) is 1.35. The molecule has 0 heterocycles. The Morgan fingerprint density at radius 3 is 2.29 bits per heavy atom. The lowest BCUT2D eigenvalue weighted by atomic mass is 9.99. The van der Waals surface area contributed by atoms with Gasteiger partial charge in [0.2, 0.25) is 0 Å². The second-order valence-corrected chi connectivity index (χ2v) is 5.87. The second kappa shape index (κ2) is 6.57. The monoisotopic (exact) mass is 290 g/mol. The molecule has 4 nitrogen and oxygen atoms in total. The van der Waals surface area contributed by atoms with Crippen LogP contribution in [0.2, 0.25) is 0 Å². The van der Waals surface area contributed by atoms with E-state index in [1.807, 2.05) is 40.7 Å². The first kappa shape index (κ1) is 17.0. The van der Waals surface area contributed by atoms with E-state index in [4.69, 9.17) is 9.47 Å². The van der Waals surface area contributed by atoms with Crippen LogP contribution in [0, 0.1) is 13.8 Å². The van der Waals surface area contributed by atoms with Crippen molar-refractivity contribution < 1.29 is 19.1 Å². The van der Waals surface area contributed by atoms with Gasteiger partial charge in [-0.05, 0) is 63.5 Å². The number of carbonyl (C=O) groups excluding carboxylic acids is 2. The summed E-state index contributed by atoms with van der Waals surface area (Å²) in [6.07, 6.45) is 2.99. The molecule has 0 saturated heterocycles. The van der Waals surface area contributed by atoms with Crippen molar-refractivity contribution in [2.24, 2.45) is 0 Å². The molecule has 0 radical (unpaired) electrons. The third-order valence-electron chi connectivity index (χ3n) is 2.91. The first-order valence-corrected chi connectivity index (χ1v) is 6.74. The third-order valence-corrected chi connectivity index (χ3v) is 2.91. The van der Waals surface area contributed by atoms with E-state index in [-0.39, 0.29) is 5.97 Å². The van der Waals surface area contributed by atoms with Crippen LogP contribution in [0.3, 0.4) is 0 Å². The molecule has 0 aromatic heterocycles. The predicted octanol–water partition coefficient (Wildman–Crippen LogP) is 3.44. The summed E-state index contributed by atoms with van der Waals surface area (Å²) in [5.74, 6) is -0.802. The van der Waals surface area contributed by atoms with Crippen LogP contribution in [0.15, 0.2) is 18.2 Å². The lowest BCUT2D eigenvalue weighted by molar-refractivity contribution is -0.148. The predicted molar refractivity (Wildman–Crippen MR) is 82.1 cm³/mol. The first-order valence-electron chi connectivity index (χ1n) is 6.74. The number of aryl methyl sites for hydroxylation is 1. The van der Waals surface area contributed by atoms with Crippen molar-refractivity contribution in [3.8, 4) is 0 Å². The van der Waals surface area contributed by atoms with Crippen molar-refractivity contribution >= 4 is 18.0 Å². The minimum Gasteiger partial charge on any atom is -0.465 e. The molecule has 0 aliphatic heterocycles. The molecule has 0 fully saturated rings. The van der Waals surface area contributed by atoms with Crippen LogP contribution in [0.5, 0.6) is 0 Å². The van der Waals surface area contributed by atoms with Gasteiger partial charge in [-0.15, -0.1) is 0 Å². The van der Waals surface area contributed by atoms with E-state index in [1.165, 1.54) is 13.2 Å². The van der Waals surface area contributed by atoms with Crippen LogP contribution < -0.4 is 0 Å². The average molecular weight is 290 g/mol. The smallest absolute Gasteiger partial charge is 0.338 e. The summed E-state index contributed by atoms with van der Waals surface area (Å²) in [6, 6.07) is 3.61. The van der Waals surface area contributed by atoms with Gasteiger partial charge in [0, 0.05) is 6.08 Å². The van der Waals surface area contributed by atoms with Gasteiger partial charge in [0.1, 0.15) is 5.60 Å². The van der Waals surface area contributed by atoms with Crippen molar-refractivity contribution in [1.29, 1.82) is 0 Å². The SMILES string of the molecule is COC(=O)c1cc(C=CC(=O)OC(C)(C)C)cc(C)c1C. The molecule has 21 heavy (non-hydrogen) atoms. The Morgan fingerprint density at radius 2 is 1.76 bits per heavy atom. The Hall–Kier alpha value is -2.10. The molecular weight excluding hydrogens is 268 g/mol. The number of ether oxygens (including phenoxy) is 2. The molecule has 0 amide bonds. The van der Waals surface area contributed by atoms with Crippen molar-refractivity contribution in [2.75, 3.05) is 7.11 Å². The maximum absolute atomic E-state index is 11.7. The molecular formula is C17H22O4. The summed E-state index contributed by atoms with van der Waals surface area (Å²) in [5, 5.41) is 0. The van der Waals surface area contributed by atoms with E-state index in [0.29, 0.717) is 5.56 Å². The Morgan fingerprint density at radius 1 is 1.14 bits per heavy atom. The topological polar surface area (TPSA) is 52.6 Å². The first-order chi connectivity index (χ1) is 9.64. The fourth-order valence-corrected chi connectivity index (χ4v) is 1.81. The van der Waals surface area contributed by atoms with Gasteiger partial charge in [-0.2, -0.15) is 0 Å². The average Bonchev–Trinajstić information content (AvgIpc) is 2.37. The highest BCUT2D eigenvalue weighted by atomic mass is 16.6. The van der Waals surface area contributed by atoms with Crippen LogP contribution in [0.4, 0.5) is 0 Å². The van der Waals surface area contributed by atoms with Crippen LogP contribution in [-0.4, -0.2) is 24.6 Å².